The summed E-state index contributed by atoms with van der Waals surface area (Å²) in [6.07, 6.45) is 6.91. The summed E-state index contributed by atoms with van der Waals surface area (Å²) in [5.41, 5.74) is 4.35. The van der Waals surface area contributed by atoms with E-state index in [2.05, 4.69) is 60.1 Å². The van der Waals surface area contributed by atoms with Crippen LogP contribution in [0.1, 0.15) is 30.0 Å². The van der Waals surface area contributed by atoms with E-state index in [9.17, 15) is 0 Å². The zero-order chi connectivity index (χ0) is 15.8. The molecule has 0 radical (unpaired) electrons. The number of anilines is 1. The van der Waals surface area contributed by atoms with E-state index < -0.39 is 0 Å². The maximum absolute atomic E-state index is 5.18. The van der Waals surface area contributed by atoms with Gasteiger partial charge in [0.25, 0.3) is 0 Å². The van der Waals surface area contributed by atoms with Gasteiger partial charge in [-0.05, 0) is 52.4 Å². The molecule has 3 aromatic rings. The van der Waals surface area contributed by atoms with Crippen LogP contribution in [0.2, 0.25) is 0 Å². The Balaban J connectivity index is 1.52. The molecule has 1 fully saturated rings. The molecule has 3 aromatic heterocycles. The molecule has 1 aliphatic rings. The summed E-state index contributed by atoms with van der Waals surface area (Å²) in [6, 6.07) is 8.08. The van der Waals surface area contributed by atoms with Crippen LogP contribution in [0.15, 0.2) is 41.3 Å². The molecule has 3 heterocycles. The van der Waals surface area contributed by atoms with Crippen LogP contribution in [0.3, 0.4) is 0 Å². The van der Waals surface area contributed by atoms with Crippen molar-refractivity contribution >= 4 is 27.3 Å². The van der Waals surface area contributed by atoms with Crippen molar-refractivity contribution in [3.63, 3.8) is 0 Å². The van der Waals surface area contributed by atoms with Gasteiger partial charge in [-0.3, -0.25) is 0 Å². The molecule has 0 unspecified atom stereocenters. The number of hydrogen-bond acceptors (Lipinski definition) is 4. The summed E-state index contributed by atoms with van der Waals surface area (Å²) < 4.78 is 8.03. The van der Waals surface area contributed by atoms with Crippen molar-refractivity contribution < 1.29 is 4.74 Å². The van der Waals surface area contributed by atoms with Gasteiger partial charge < -0.3 is 14.5 Å². The molecule has 4 rings (SSSR count). The lowest BCUT2D eigenvalue weighted by Gasteiger charge is -2.06. The molecule has 0 atom stereocenters. The predicted molar refractivity (Wildman–Crippen MR) is 93.0 cm³/mol. The Morgan fingerprint density at radius 2 is 2.13 bits per heavy atom. The molecule has 0 amide bonds. The van der Waals surface area contributed by atoms with Crippen LogP contribution in [-0.2, 0) is 6.54 Å². The normalized spacial score (nSPS) is 14.2. The topological polar surface area (TPSA) is 51.5 Å². The average molecular weight is 373 g/mol. The number of fused-ring (bicyclic) bond motifs is 1. The van der Waals surface area contributed by atoms with Crippen LogP contribution >= 0.6 is 15.9 Å². The molecule has 0 aromatic carbocycles. The maximum atomic E-state index is 5.18. The van der Waals surface area contributed by atoms with Crippen molar-refractivity contribution in [1.29, 1.82) is 0 Å². The Morgan fingerprint density at radius 3 is 2.91 bits per heavy atom. The minimum absolute atomic E-state index is 0.575. The van der Waals surface area contributed by atoms with E-state index in [0.29, 0.717) is 12.4 Å². The first-order chi connectivity index (χ1) is 11.2. The third-order valence-electron chi connectivity index (χ3n) is 4.03. The van der Waals surface area contributed by atoms with Gasteiger partial charge in [0.15, 0.2) is 0 Å². The van der Waals surface area contributed by atoms with E-state index in [1.165, 1.54) is 18.4 Å². The molecular weight excluding hydrogens is 356 g/mol. The summed E-state index contributed by atoms with van der Waals surface area (Å²) in [4.78, 5) is 8.86. The molecule has 1 saturated carbocycles. The number of ether oxygens (including phenoxy) is 1. The highest BCUT2D eigenvalue weighted by Crippen LogP contribution is 2.39. The molecule has 0 spiro atoms. The van der Waals surface area contributed by atoms with Crippen molar-refractivity contribution in [2.75, 3.05) is 12.4 Å². The summed E-state index contributed by atoms with van der Waals surface area (Å²) in [5.74, 6) is 1.33. The largest absolute Gasteiger partial charge is 0.481 e. The Bertz CT molecular complexity index is 857. The lowest BCUT2D eigenvalue weighted by Crippen LogP contribution is -2.00. The highest BCUT2D eigenvalue weighted by molar-refractivity contribution is 9.10. The van der Waals surface area contributed by atoms with Crippen LogP contribution in [0.4, 0.5) is 5.69 Å². The summed E-state index contributed by atoms with van der Waals surface area (Å²) in [6.45, 7) is 0.653. The fourth-order valence-electron chi connectivity index (χ4n) is 2.68. The van der Waals surface area contributed by atoms with Gasteiger partial charge in [0.05, 0.1) is 19.3 Å². The number of rotatable bonds is 5. The van der Waals surface area contributed by atoms with E-state index >= 15 is 0 Å². The molecule has 0 bridgehead atoms. The lowest BCUT2D eigenvalue weighted by atomic mass is 10.2. The van der Waals surface area contributed by atoms with Gasteiger partial charge in [-0.1, -0.05) is 6.07 Å². The van der Waals surface area contributed by atoms with E-state index in [1.54, 1.807) is 7.11 Å². The monoisotopic (exact) mass is 372 g/mol. The maximum Gasteiger partial charge on any atom is 0.216 e. The molecule has 6 heteroatoms. The first kappa shape index (κ1) is 14.5. The summed E-state index contributed by atoms with van der Waals surface area (Å²) in [7, 11) is 1.61. The van der Waals surface area contributed by atoms with Crippen LogP contribution in [-0.4, -0.2) is 21.5 Å². The molecule has 23 heavy (non-hydrogen) atoms. The first-order valence-electron chi connectivity index (χ1n) is 7.64. The van der Waals surface area contributed by atoms with Crippen LogP contribution in [0, 0.1) is 0 Å². The van der Waals surface area contributed by atoms with Gasteiger partial charge in [0, 0.05) is 24.1 Å². The average Bonchev–Trinajstić information content (AvgIpc) is 3.31. The zero-order valence-electron chi connectivity index (χ0n) is 12.8. The highest BCUT2D eigenvalue weighted by Gasteiger charge is 2.23. The standard InChI is InChI=1S/C17H17BrN4O/c1-23-17-7-13(6-15(18)21-17)19-8-14-10-22-9-12(11-2-3-11)4-5-16(22)20-14/h4-7,9-11H,2-3,8H2,1H3,(H,19,21). The van der Waals surface area contributed by atoms with E-state index in [0.717, 1.165) is 27.5 Å². The van der Waals surface area contributed by atoms with Gasteiger partial charge in [-0.15, -0.1) is 0 Å². The van der Waals surface area contributed by atoms with Crippen LogP contribution in [0.25, 0.3) is 5.65 Å². The Labute approximate surface area is 142 Å². The Morgan fingerprint density at radius 1 is 1.26 bits per heavy atom. The van der Waals surface area contributed by atoms with E-state index in [-0.39, 0.29) is 0 Å². The number of imidazole rings is 1. The minimum atomic E-state index is 0.575. The van der Waals surface area contributed by atoms with E-state index in [1.807, 2.05) is 12.1 Å². The second kappa shape index (κ2) is 5.85. The SMILES string of the molecule is COc1cc(NCc2cn3cc(C4CC4)ccc3n2)cc(Br)n1. The minimum Gasteiger partial charge on any atom is -0.481 e. The number of hydrogen-bond donors (Lipinski definition) is 1. The van der Waals surface area contributed by atoms with Gasteiger partial charge in [-0.25, -0.2) is 9.97 Å². The number of pyridine rings is 2. The van der Waals surface area contributed by atoms with Crippen molar-refractivity contribution in [3.8, 4) is 5.88 Å². The fraction of sp³-hybridized carbons (Fsp3) is 0.294. The first-order valence-corrected chi connectivity index (χ1v) is 8.43. The molecule has 5 nitrogen and oxygen atoms in total. The van der Waals surface area contributed by atoms with Crippen molar-refractivity contribution in [3.05, 3.63) is 52.5 Å². The molecular formula is C17H17BrN4O. The van der Waals surface area contributed by atoms with Crippen LogP contribution in [0.5, 0.6) is 5.88 Å². The third kappa shape index (κ3) is 3.17. The van der Waals surface area contributed by atoms with Crippen molar-refractivity contribution in [1.82, 2.24) is 14.4 Å². The number of nitrogens with one attached hydrogen (secondary N) is 1. The van der Waals surface area contributed by atoms with Gasteiger partial charge in [0.2, 0.25) is 5.88 Å². The number of nitrogens with zero attached hydrogens (tertiary/aromatic N) is 3. The van der Waals surface area contributed by atoms with Gasteiger partial charge in [0.1, 0.15) is 10.3 Å². The Hall–Kier alpha value is -2.08. The number of aromatic nitrogens is 3. The van der Waals surface area contributed by atoms with Gasteiger partial charge >= 0.3 is 0 Å². The van der Waals surface area contributed by atoms with Crippen molar-refractivity contribution in [2.45, 2.75) is 25.3 Å². The quantitative estimate of drug-likeness (QED) is 0.688. The van der Waals surface area contributed by atoms with E-state index in [4.69, 9.17) is 4.74 Å². The smallest absolute Gasteiger partial charge is 0.216 e. The predicted octanol–water partition coefficient (Wildman–Crippen LogP) is 3.99. The lowest BCUT2D eigenvalue weighted by molar-refractivity contribution is 0.397. The second-order valence-electron chi connectivity index (χ2n) is 5.81. The molecule has 0 saturated heterocycles. The van der Waals surface area contributed by atoms with Crippen molar-refractivity contribution in [2.24, 2.45) is 0 Å². The van der Waals surface area contributed by atoms with Crippen LogP contribution < -0.4 is 10.1 Å². The third-order valence-corrected chi connectivity index (χ3v) is 4.43. The summed E-state index contributed by atoms with van der Waals surface area (Å²) >= 11 is 3.38. The molecule has 118 valence electrons. The highest BCUT2D eigenvalue weighted by atomic mass is 79.9. The molecule has 1 aliphatic carbocycles. The Kier molecular flexibility index (Phi) is 3.69. The second-order valence-corrected chi connectivity index (χ2v) is 6.62. The summed E-state index contributed by atoms with van der Waals surface area (Å²) in [5, 5.41) is 3.36. The fourth-order valence-corrected chi connectivity index (χ4v) is 3.10. The molecule has 1 N–H and O–H groups in total. The zero-order valence-corrected chi connectivity index (χ0v) is 14.4. The number of methoxy groups -OCH3 is 1. The molecule has 0 aliphatic heterocycles. The van der Waals surface area contributed by atoms with Gasteiger partial charge in [-0.2, -0.15) is 0 Å². The number of halogens is 1.